The molecule has 1 N–H and O–H groups in total. The van der Waals surface area contributed by atoms with Gasteiger partial charge in [-0.25, -0.2) is 9.37 Å². The van der Waals surface area contributed by atoms with Crippen molar-refractivity contribution < 1.29 is 23.1 Å². The highest BCUT2D eigenvalue weighted by Gasteiger charge is 2.25. The number of anilines is 1. The number of ether oxygens (including phenoxy) is 2. The predicted molar refractivity (Wildman–Crippen MR) is 124 cm³/mol. The molecule has 9 heteroatoms. The number of furan rings is 1. The number of thiazole rings is 1. The molecule has 0 saturated carbocycles. The van der Waals surface area contributed by atoms with Crippen LogP contribution >= 0.6 is 11.3 Å². The van der Waals surface area contributed by atoms with E-state index in [9.17, 15) is 9.18 Å². The molecular weight excluding hydrogens is 445 g/mol. The zero-order chi connectivity index (χ0) is 22.8. The number of aromatic nitrogens is 1. The Hall–Kier alpha value is -3.43. The second kappa shape index (κ2) is 9.21. The van der Waals surface area contributed by atoms with E-state index in [2.05, 4.69) is 15.2 Å². The van der Waals surface area contributed by atoms with Gasteiger partial charge in [0, 0.05) is 42.5 Å². The molecule has 3 heterocycles. The van der Waals surface area contributed by atoms with E-state index in [0.717, 1.165) is 11.4 Å². The lowest BCUT2D eigenvalue weighted by atomic mass is 10.0. The minimum absolute atomic E-state index is 0.294. The molecule has 1 aliphatic heterocycles. The van der Waals surface area contributed by atoms with Crippen LogP contribution in [0.4, 0.5) is 10.1 Å². The summed E-state index contributed by atoms with van der Waals surface area (Å²) in [6.45, 7) is 2.97. The number of hydrogen-bond donors (Lipinski definition) is 1. The van der Waals surface area contributed by atoms with E-state index < -0.39 is 0 Å². The molecular formula is C24H22FN3O4S. The molecule has 7 nitrogen and oxygen atoms in total. The molecule has 0 aliphatic carbocycles. The monoisotopic (exact) mass is 467 g/mol. The summed E-state index contributed by atoms with van der Waals surface area (Å²) >= 11 is 1.51. The Bertz CT molecular complexity index is 1270. The molecule has 1 fully saturated rings. The van der Waals surface area contributed by atoms with Crippen LogP contribution in [-0.2, 0) is 11.3 Å². The summed E-state index contributed by atoms with van der Waals surface area (Å²) in [6, 6.07) is 9.63. The summed E-state index contributed by atoms with van der Waals surface area (Å²) in [7, 11) is 1.57. The highest BCUT2D eigenvalue weighted by Crippen LogP contribution is 2.41. The van der Waals surface area contributed by atoms with E-state index >= 15 is 0 Å². The van der Waals surface area contributed by atoms with Gasteiger partial charge in [-0.05, 0) is 30.3 Å². The Morgan fingerprint density at radius 2 is 2.03 bits per heavy atom. The highest BCUT2D eigenvalue weighted by molar-refractivity contribution is 7.07. The average Bonchev–Trinajstić information content (AvgIpc) is 3.50. The van der Waals surface area contributed by atoms with Gasteiger partial charge in [0.2, 0.25) is 0 Å². The van der Waals surface area contributed by atoms with Crippen molar-refractivity contribution in [3.8, 4) is 17.1 Å². The Morgan fingerprint density at radius 1 is 1.24 bits per heavy atom. The Labute approximate surface area is 193 Å². The van der Waals surface area contributed by atoms with Crippen LogP contribution in [0, 0.1) is 5.82 Å². The summed E-state index contributed by atoms with van der Waals surface area (Å²) in [5.41, 5.74) is 5.01. The van der Waals surface area contributed by atoms with Crippen LogP contribution < -0.4 is 15.0 Å². The van der Waals surface area contributed by atoms with Crippen molar-refractivity contribution in [3.05, 3.63) is 64.4 Å². The minimum Gasteiger partial charge on any atom is -0.485 e. The third-order valence-corrected chi connectivity index (χ3v) is 6.18. The number of nitrogens with zero attached hydrogens (tertiary/aromatic N) is 2. The number of fused-ring (bicyclic) bond motifs is 1. The first-order valence-corrected chi connectivity index (χ1v) is 11.5. The van der Waals surface area contributed by atoms with Gasteiger partial charge in [0.1, 0.15) is 29.5 Å². The topological polar surface area (TPSA) is 76.8 Å². The van der Waals surface area contributed by atoms with E-state index in [1.807, 2.05) is 17.5 Å². The highest BCUT2D eigenvalue weighted by atomic mass is 32.1. The summed E-state index contributed by atoms with van der Waals surface area (Å²) < 4.78 is 31.4. The maximum absolute atomic E-state index is 13.5. The lowest BCUT2D eigenvalue weighted by Crippen LogP contribution is -2.36. The summed E-state index contributed by atoms with van der Waals surface area (Å²) in [6.07, 6.45) is 0. The van der Waals surface area contributed by atoms with Crippen molar-refractivity contribution >= 4 is 33.9 Å². The Balaban J connectivity index is 1.65. The largest absolute Gasteiger partial charge is 0.485 e. The van der Waals surface area contributed by atoms with Gasteiger partial charge in [-0.3, -0.25) is 4.79 Å². The fourth-order valence-corrected chi connectivity index (χ4v) is 4.44. The van der Waals surface area contributed by atoms with E-state index in [4.69, 9.17) is 13.9 Å². The SMILES string of the molecule is CNC(=O)c1c(-c2ccc(F)cc2)oc2cc(N3CCOCC3)c(OCc3cscn3)cc12. The molecule has 0 radical (unpaired) electrons. The number of morpholine rings is 1. The molecule has 2 aromatic heterocycles. The molecule has 1 saturated heterocycles. The minimum atomic E-state index is -0.358. The van der Waals surface area contributed by atoms with Crippen LogP contribution in [-0.4, -0.2) is 44.2 Å². The van der Waals surface area contributed by atoms with Crippen LogP contribution in [0.1, 0.15) is 16.1 Å². The summed E-state index contributed by atoms with van der Waals surface area (Å²) in [5.74, 6) is 0.365. The van der Waals surface area contributed by atoms with Gasteiger partial charge in [-0.2, -0.15) is 0 Å². The first-order chi connectivity index (χ1) is 16.1. The fourth-order valence-electron chi connectivity index (χ4n) is 3.89. The van der Waals surface area contributed by atoms with Gasteiger partial charge < -0.3 is 24.1 Å². The summed E-state index contributed by atoms with van der Waals surface area (Å²) in [5, 5.41) is 5.25. The van der Waals surface area contributed by atoms with Crippen molar-refractivity contribution in [1.29, 1.82) is 0 Å². The average molecular weight is 468 g/mol. The van der Waals surface area contributed by atoms with Crippen molar-refractivity contribution in [2.75, 3.05) is 38.3 Å². The van der Waals surface area contributed by atoms with Crippen molar-refractivity contribution in [2.45, 2.75) is 6.61 Å². The fraction of sp³-hybridized carbons (Fsp3) is 0.250. The number of carbonyl (C=O) groups is 1. The van der Waals surface area contributed by atoms with Gasteiger partial charge >= 0.3 is 0 Å². The van der Waals surface area contributed by atoms with E-state index in [-0.39, 0.29) is 11.7 Å². The first-order valence-electron chi connectivity index (χ1n) is 10.5. The lowest BCUT2D eigenvalue weighted by molar-refractivity contribution is 0.0964. The zero-order valence-electron chi connectivity index (χ0n) is 18.0. The number of halogens is 1. The Kier molecular flexibility index (Phi) is 5.97. The number of nitrogens with one attached hydrogen (secondary N) is 1. The maximum atomic E-state index is 13.5. The van der Waals surface area contributed by atoms with Gasteiger partial charge in [0.15, 0.2) is 0 Å². The second-order valence-electron chi connectivity index (χ2n) is 7.58. The van der Waals surface area contributed by atoms with Crippen LogP contribution in [0.5, 0.6) is 5.75 Å². The predicted octanol–water partition coefficient (Wildman–Crippen LogP) is 4.47. The molecule has 1 amide bonds. The van der Waals surface area contributed by atoms with E-state index in [0.29, 0.717) is 66.5 Å². The van der Waals surface area contributed by atoms with Crippen molar-refractivity contribution in [3.63, 3.8) is 0 Å². The van der Waals surface area contributed by atoms with Gasteiger partial charge in [0.25, 0.3) is 5.91 Å². The van der Waals surface area contributed by atoms with Crippen LogP contribution in [0.25, 0.3) is 22.3 Å². The Morgan fingerprint density at radius 3 is 2.73 bits per heavy atom. The number of benzene rings is 2. The zero-order valence-corrected chi connectivity index (χ0v) is 18.8. The molecule has 0 bridgehead atoms. The third-order valence-electron chi connectivity index (χ3n) is 5.54. The molecule has 0 unspecified atom stereocenters. The molecule has 170 valence electrons. The smallest absolute Gasteiger partial charge is 0.255 e. The van der Waals surface area contributed by atoms with Gasteiger partial charge in [-0.1, -0.05) is 0 Å². The van der Waals surface area contributed by atoms with Gasteiger partial charge in [-0.15, -0.1) is 11.3 Å². The van der Waals surface area contributed by atoms with E-state index in [1.165, 1.54) is 23.5 Å². The quantitative estimate of drug-likeness (QED) is 0.451. The molecule has 0 atom stereocenters. The van der Waals surface area contributed by atoms with Crippen molar-refractivity contribution in [2.24, 2.45) is 0 Å². The number of carbonyl (C=O) groups excluding carboxylic acids is 1. The second-order valence-corrected chi connectivity index (χ2v) is 8.29. The molecule has 4 aromatic rings. The van der Waals surface area contributed by atoms with Crippen LogP contribution in [0.3, 0.4) is 0 Å². The van der Waals surface area contributed by atoms with E-state index in [1.54, 1.807) is 24.7 Å². The molecule has 0 spiro atoms. The van der Waals surface area contributed by atoms with Gasteiger partial charge in [0.05, 0.1) is 35.7 Å². The number of amides is 1. The lowest BCUT2D eigenvalue weighted by Gasteiger charge is -2.30. The van der Waals surface area contributed by atoms with Crippen molar-refractivity contribution in [1.82, 2.24) is 10.3 Å². The number of rotatable bonds is 6. The number of hydrogen-bond acceptors (Lipinski definition) is 7. The molecule has 1 aliphatic rings. The normalized spacial score (nSPS) is 13.9. The molecule has 33 heavy (non-hydrogen) atoms. The molecule has 5 rings (SSSR count). The third kappa shape index (κ3) is 4.29. The first kappa shape index (κ1) is 21.4. The summed E-state index contributed by atoms with van der Waals surface area (Å²) in [4.78, 5) is 19.3. The maximum Gasteiger partial charge on any atom is 0.255 e. The standard InChI is InChI=1S/C24H22FN3O4S/c1-26-24(29)22-18-10-21(31-12-17-13-33-14-27-17)19(28-6-8-30-9-7-28)11-20(18)32-23(22)15-2-4-16(25)5-3-15/h2-5,10-11,13-14H,6-9,12H2,1H3,(H,26,29). The van der Waals surface area contributed by atoms with Crippen LogP contribution in [0.15, 0.2) is 51.7 Å². The van der Waals surface area contributed by atoms with Crippen LogP contribution in [0.2, 0.25) is 0 Å². The molecule has 2 aromatic carbocycles.